The Labute approximate surface area is 138 Å². The van der Waals surface area contributed by atoms with Crippen molar-refractivity contribution in [2.45, 2.75) is 6.54 Å². The monoisotopic (exact) mass is 327 g/mol. The molecule has 0 spiro atoms. The molecule has 0 saturated heterocycles. The lowest BCUT2D eigenvalue weighted by atomic mass is 10.2. The van der Waals surface area contributed by atoms with E-state index in [0.717, 1.165) is 11.3 Å². The first kappa shape index (κ1) is 15.1. The highest BCUT2D eigenvalue weighted by Gasteiger charge is 2.07. The smallest absolute Gasteiger partial charge is 0.319 e. The molecule has 0 atom stereocenters. The summed E-state index contributed by atoms with van der Waals surface area (Å²) in [6.07, 6.45) is 6.87. The van der Waals surface area contributed by atoms with E-state index in [4.69, 9.17) is 11.6 Å². The van der Waals surface area contributed by atoms with Gasteiger partial charge in [0.05, 0.1) is 10.7 Å². The lowest BCUT2D eigenvalue weighted by Gasteiger charge is -2.10. The Morgan fingerprint density at radius 1 is 1.22 bits per heavy atom. The number of anilines is 1. The number of rotatable bonds is 4. The van der Waals surface area contributed by atoms with E-state index in [2.05, 4.69) is 20.7 Å². The van der Waals surface area contributed by atoms with E-state index in [1.54, 1.807) is 47.7 Å². The van der Waals surface area contributed by atoms with Gasteiger partial charge in [-0.25, -0.2) is 9.48 Å². The Hall–Kier alpha value is -2.86. The maximum atomic E-state index is 11.9. The molecule has 0 aliphatic carbocycles. The van der Waals surface area contributed by atoms with Gasteiger partial charge in [0.1, 0.15) is 0 Å². The zero-order valence-electron chi connectivity index (χ0n) is 12.1. The molecule has 2 N–H and O–H groups in total. The predicted molar refractivity (Wildman–Crippen MR) is 88.7 cm³/mol. The average molecular weight is 328 g/mol. The maximum Gasteiger partial charge on any atom is 0.319 e. The molecule has 3 aromatic rings. The second-order valence-electron chi connectivity index (χ2n) is 4.79. The molecule has 0 aliphatic rings. The van der Waals surface area contributed by atoms with Crippen molar-refractivity contribution in [2.24, 2.45) is 0 Å². The van der Waals surface area contributed by atoms with Crippen LogP contribution < -0.4 is 10.6 Å². The first-order valence-corrected chi connectivity index (χ1v) is 7.33. The highest BCUT2D eigenvalue weighted by atomic mass is 35.5. The van der Waals surface area contributed by atoms with Crippen molar-refractivity contribution in [3.63, 3.8) is 0 Å². The Bertz CT molecular complexity index is 789. The number of hydrogen-bond donors (Lipinski definition) is 2. The Balaban J connectivity index is 1.62. The molecule has 2 aromatic heterocycles. The number of nitrogens with one attached hydrogen (secondary N) is 2. The molecule has 116 valence electrons. The number of pyridine rings is 1. The maximum absolute atomic E-state index is 11.9. The molecule has 2 heterocycles. The SMILES string of the molecule is O=C(NCc1cccnc1)Nc1ccc(-n2cccn2)c(Cl)c1. The van der Waals surface area contributed by atoms with Crippen molar-refractivity contribution in [1.29, 1.82) is 0 Å². The molecule has 0 saturated carbocycles. The van der Waals surface area contributed by atoms with Gasteiger partial charge in [-0.15, -0.1) is 0 Å². The molecule has 23 heavy (non-hydrogen) atoms. The van der Waals surface area contributed by atoms with Gasteiger partial charge < -0.3 is 10.6 Å². The minimum Gasteiger partial charge on any atom is -0.334 e. The van der Waals surface area contributed by atoms with E-state index < -0.39 is 0 Å². The van der Waals surface area contributed by atoms with Crippen molar-refractivity contribution >= 4 is 23.3 Å². The Morgan fingerprint density at radius 3 is 2.83 bits per heavy atom. The number of hydrogen-bond acceptors (Lipinski definition) is 3. The fraction of sp³-hybridized carbons (Fsp3) is 0.0625. The molecule has 7 heteroatoms. The van der Waals surface area contributed by atoms with E-state index >= 15 is 0 Å². The fourth-order valence-electron chi connectivity index (χ4n) is 2.04. The van der Waals surface area contributed by atoms with E-state index in [-0.39, 0.29) is 6.03 Å². The lowest BCUT2D eigenvalue weighted by molar-refractivity contribution is 0.251. The topological polar surface area (TPSA) is 71.8 Å². The van der Waals surface area contributed by atoms with Crippen LogP contribution in [0, 0.1) is 0 Å². The standard InChI is InChI=1S/C16H14ClN5O/c17-14-9-13(4-5-15(14)22-8-2-7-20-22)21-16(23)19-11-12-3-1-6-18-10-12/h1-10H,11H2,(H2,19,21,23). The average Bonchev–Trinajstić information content (AvgIpc) is 3.08. The van der Waals surface area contributed by atoms with Crippen LogP contribution in [0.1, 0.15) is 5.56 Å². The summed E-state index contributed by atoms with van der Waals surface area (Å²) in [6.45, 7) is 0.402. The van der Waals surface area contributed by atoms with Crippen LogP contribution in [0.5, 0.6) is 0 Å². The summed E-state index contributed by atoms with van der Waals surface area (Å²) in [7, 11) is 0. The number of benzene rings is 1. The van der Waals surface area contributed by atoms with Gasteiger partial charge in [-0.05, 0) is 35.9 Å². The van der Waals surface area contributed by atoms with E-state index in [1.807, 2.05) is 18.2 Å². The number of nitrogens with zero attached hydrogens (tertiary/aromatic N) is 3. The number of carbonyl (C=O) groups excluding carboxylic acids is 1. The molecule has 0 unspecified atom stereocenters. The summed E-state index contributed by atoms with van der Waals surface area (Å²) < 4.78 is 1.66. The van der Waals surface area contributed by atoms with Crippen molar-refractivity contribution in [1.82, 2.24) is 20.1 Å². The number of urea groups is 1. The largest absolute Gasteiger partial charge is 0.334 e. The minimum absolute atomic E-state index is 0.309. The number of carbonyl (C=O) groups is 1. The molecule has 0 bridgehead atoms. The van der Waals surface area contributed by atoms with E-state index in [9.17, 15) is 4.79 Å². The van der Waals surface area contributed by atoms with Gasteiger partial charge in [0.2, 0.25) is 0 Å². The molecule has 0 radical (unpaired) electrons. The highest BCUT2D eigenvalue weighted by molar-refractivity contribution is 6.32. The molecule has 0 aliphatic heterocycles. The second-order valence-corrected chi connectivity index (χ2v) is 5.19. The van der Waals surface area contributed by atoms with Crippen LogP contribution in [0.2, 0.25) is 5.02 Å². The summed E-state index contributed by atoms with van der Waals surface area (Å²) in [5.41, 5.74) is 2.28. The van der Waals surface area contributed by atoms with E-state index in [1.165, 1.54) is 0 Å². The predicted octanol–water partition coefficient (Wildman–Crippen LogP) is 3.24. The lowest BCUT2D eigenvalue weighted by Crippen LogP contribution is -2.28. The van der Waals surface area contributed by atoms with Crippen molar-refractivity contribution in [2.75, 3.05) is 5.32 Å². The summed E-state index contributed by atoms with van der Waals surface area (Å²) in [6, 6.07) is 10.5. The van der Waals surface area contributed by atoms with Crippen LogP contribution in [0.25, 0.3) is 5.69 Å². The van der Waals surface area contributed by atoms with Gasteiger partial charge in [-0.1, -0.05) is 17.7 Å². The van der Waals surface area contributed by atoms with Gasteiger partial charge in [-0.3, -0.25) is 4.98 Å². The summed E-state index contributed by atoms with van der Waals surface area (Å²) in [4.78, 5) is 15.9. The van der Waals surface area contributed by atoms with Gasteiger partial charge in [0.15, 0.2) is 0 Å². The Kier molecular flexibility index (Phi) is 4.54. The fourth-order valence-corrected chi connectivity index (χ4v) is 2.31. The number of amides is 2. The minimum atomic E-state index is -0.309. The third kappa shape index (κ3) is 3.87. The zero-order valence-corrected chi connectivity index (χ0v) is 12.9. The molecule has 2 amide bonds. The van der Waals surface area contributed by atoms with Gasteiger partial charge in [-0.2, -0.15) is 5.10 Å². The first-order chi connectivity index (χ1) is 11.2. The van der Waals surface area contributed by atoms with Crippen molar-refractivity contribution < 1.29 is 4.79 Å². The summed E-state index contributed by atoms with van der Waals surface area (Å²) >= 11 is 6.24. The third-order valence-corrected chi connectivity index (χ3v) is 3.44. The summed E-state index contributed by atoms with van der Waals surface area (Å²) in [5.74, 6) is 0. The Morgan fingerprint density at radius 2 is 2.13 bits per heavy atom. The third-order valence-electron chi connectivity index (χ3n) is 3.13. The zero-order chi connectivity index (χ0) is 16.1. The molecule has 1 aromatic carbocycles. The van der Waals surface area contributed by atoms with Crippen LogP contribution in [-0.4, -0.2) is 20.8 Å². The number of halogens is 1. The first-order valence-electron chi connectivity index (χ1n) is 6.96. The summed E-state index contributed by atoms with van der Waals surface area (Å²) in [5, 5.41) is 10.1. The molecule has 6 nitrogen and oxygen atoms in total. The van der Waals surface area contributed by atoms with Crippen molar-refractivity contribution in [3.8, 4) is 5.69 Å². The second kappa shape index (κ2) is 6.93. The van der Waals surface area contributed by atoms with Crippen LogP contribution in [0.15, 0.2) is 61.2 Å². The molecular formula is C16H14ClN5O. The van der Waals surface area contributed by atoms with Crippen LogP contribution >= 0.6 is 11.6 Å². The van der Waals surface area contributed by atoms with Gasteiger partial charge in [0.25, 0.3) is 0 Å². The van der Waals surface area contributed by atoms with E-state index in [0.29, 0.717) is 17.3 Å². The quantitative estimate of drug-likeness (QED) is 0.772. The molecular weight excluding hydrogens is 314 g/mol. The van der Waals surface area contributed by atoms with Gasteiger partial charge >= 0.3 is 6.03 Å². The van der Waals surface area contributed by atoms with Crippen LogP contribution in [0.4, 0.5) is 10.5 Å². The number of aromatic nitrogens is 3. The molecule has 0 fully saturated rings. The van der Waals surface area contributed by atoms with Crippen molar-refractivity contribution in [3.05, 3.63) is 71.8 Å². The van der Waals surface area contributed by atoms with Crippen LogP contribution in [0.3, 0.4) is 0 Å². The highest BCUT2D eigenvalue weighted by Crippen LogP contribution is 2.23. The van der Waals surface area contributed by atoms with Gasteiger partial charge in [0, 0.05) is 37.0 Å². The normalized spacial score (nSPS) is 10.3. The molecule has 3 rings (SSSR count). The van der Waals surface area contributed by atoms with Crippen LogP contribution in [-0.2, 0) is 6.54 Å².